The maximum atomic E-state index is 11.7. The van der Waals surface area contributed by atoms with Gasteiger partial charge >= 0.3 is 6.03 Å². The number of rotatable bonds is 7. The highest BCUT2D eigenvalue weighted by Crippen LogP contribution is 2.32. The lowest BCUT2D eigenvalue weighted by Crippen LogP contribution is -2.27. The fourth-order valence-corrected chi connectivity index (χ4v) is 2.20. The summed E-state index contributed by atoms with van der Waals surface area (Å²) in [5.41, 5.74) is 0.839. The number of carbonyl (C=O) groups is 1. The van der Waals surface area contributed by atoms with Crippen molar-refractivity contribution in [1.29, 1.82) is 0 Å². The van der Waals surface area contributed by atoms with Gasteiger partial charge in [0, 0.05) is 24.8 Å². The number of amides is 2. The zero-order valence-electron chi connectivity index (χ0n) is 12.1. The molecular weight excluding hydrogens is 256 g/mol. The third-order valence-electron chi connectivity index (χ3n) is 3.32. The minimum Gasteiger partial charge on any atom is -0.493 e. The summed E-state index contributed by atoms with van der Waals surface area (Å²) in [4.78, 5) is 13.4. The molecule has 0 atom stereocenters. The summed E-state index contributed by atoms with van der Waals surface area (Å²) in [5.74, 6) is 1.39. The number of benzene rings is 1. The molecule has 1 aromatic carbocycles. The first-order chi connectivity index (χ1) is 9.76. The van der Waals surface area contributed by atoms with Gasteiger partial charge in [-0.05, 0) is 18.6 Å². The van der Waals surface area contributed by atoms with Crippen molar-refractivity contribution in [1.82, 2.24) is 5.32 Å². The Morgan fingerprint density at radius 2 is 2.15 bits per heavy atom. The van der Waals surface area contributed by atoms with Crippen molar-refractivity contribution in [3.05, 3.63) is 18.2 Å². The van der Waals surface area contributed by atoms with Crippen molar-refractivity contribution in [2.75, 3.05) is 31.7 Å². The maximum Gasteiger partial charge on any atom is 0.321 e. The van der Waals surface area contributed by atoms with Crippen LogP contribution >= 0.6 is 0 Å². The second-order valence-electron chi connectivity index (χ2n) is 4.77. The fraction of sp³-hybridized carbons (Fsp3) is 0.533. The van der Waals surface area contributed by atoms with Gasteiger partial charge in [0.1, 0.15) is 0 Å². The lowest BCUT2D eigenvalue weighted by atomic mass is 10.2. The molecule has 5 heteroatoms. The predicted octanol–water partition coefficient (Wildman–Crippen LogP) is 2.79. The first-order valence-electron chi connectivity index (χ1n) is 7.12. The fourth-order valence-electron chi connectivity index (χ4n) is 2.20. The number of hydrogen-bond donors (Lipinski definition) is 1. The highest BCUT2D eigenvalue weighted by molar-refractivity contribution is 5.94. The van der Waals surface area contributed by atoms with Gasteiger partial charge in [-0.25, -0.2) is 4.79 Å². The quantitative estimate of drug-likeness (QED) is 0.780. The molecule has 0 bridgehead atoms. The van der Waals surface area contributed by atoms with E-state index in [0.29, 0.717) is 31.2 Å². The molecule has 1 heterocycles. The van der Waals surface area contributed by atoms with Crippen LogP contribution in [-0.4, -0.2) is 32.8 Å². The van der Waals surface area contributed by atoms with Gasteiger partial charge in [0.15, 0.2) is 11.5 Å². The molecule has 0 unspecified atom stereocenters. The second-order valence-corrected chi connectivity index (χ2v) is 4.77. The van der Waals surface area contributed by atoms with E-state index in [1.54, 1.807) is 12.0 Å². The van der Waals surface area contributed by atoms with Crippen molar-refractivity contribution >= 4 is 11.7 Å². The molecule has 0 spiro atoms. The molecule has 20 heavy (non-hydrogen) atoms. The predicted molar refractivity (Wildman–Crippen MR) is 78.8 cm³/mol. The minimum absolute atomic E-state index is 0.0629. The normalized spacial score (nSPS) is 14.3. The summed E-state index contributed by atoms with van der Waals surface area (Å²) in [6, 6.07) is 5.53. The molecular formula is C15H22N2O3. The molecule has 2 amide bonds. The van der Waals surface area contributed by atoms with Crippen LogP contribution < -0.4 is 19.7 Å². The lowest BCUT2D eigenvalue weighted by Gasteiger charge is -2.17. The molecule has 2 rings (SSSR count). The van der Waals surface area contributed by atoms with Gasteiger partial charge in [-0.3, -0.25) is 4.90 Å². The van der Waals surface area contributed by atoms with Crippen LogP contribution in [0.3, 0.4) is 0 Å². The number of hydrogen-bond acceptors (Lipinski definition) is 3. The van der Waals surface area contributed by atoms with Crippen LogP contribution in [0.2, 0.25) is 0 Å². The van der Waals surface area contributed by atoms with Gasteiger partial charge < -0.3 is 14.8 Å². The van der Waals surface area contributed by atoms with Crippen LogP contribution in [0.25, 0.3) is 0 Å². The number of unbranched alkanes of at least 4 members (excludes halogenated alkanes) is 2. The van der Waals surface area contributed by atoms with E-state index in [9.17, 15) is 4.79 Å². The zero-order valence-corrected chi connectivity index (χ0v) is 12.1. The van der Waals surface area contributed by atoms with Crippen molar-refractivity contribution < 1.29 is 14.3 Å². The third kappa shape index (κ3) is 3.35. The maximum absolute atomic E-state index is 11.7. The molecule has 1 aromatic rings. The third-order valence-corrected chi connectivity index (χ3v) is 3.32. The Hall–Kier alpha value is -1.91. The highest BCUT2D eigenvalue weighted by atomic mass is 16.5. The van der Waals surface area contributed by atoms with Crippen LogP contribution in [0.4, 0.5) is 10.5 Å². The largest absolute Gasteiger partial charge is 0.493 e. The van der Waals surface area contributed by atoms with E-state index in [2.05, 4.69) is 12.2 Å². The number of nitrogens with zero attached hydrogens (tertiary/aromatic N) is 1. The first-order valence-corrected chi connectivity index (χ1v) is 7.12. The van der Waals surface area contributed by atoms with Crippen LogP contribution in [0.15, 0.2) is 18.2 Å². The number of ether oxygens (including phenoxy) is 2. The van der Waals surface area contributed by atoms with Gasteiger partial charge in [0.25, 0.3) is 0 Å². The summed E-state index contributed by atoms with van der Waals surface area (Å²) in [6.07, 6.45) is 3.33. The van der Waals surface area contributed by atoms with Crippen molar-refractivity contribution in [3.63, 3.8) is 0 Å². The van der Waals surface area contributed by atoms with Crippen LogP contribution in [0.5, 0.6) is 11.5 Å². The molecule has 0 saturated carbocycles. The second kappa shape index (κ2) is 7.03. The summed E-state index contributed by atoms with van der Waals surface area (Å²) in [5, 5.41) is 2.79. The van der Waals surface area contributed by atoms with E-state index >= 15 is 0 Å². The molecule has 5 nitrogen and oxygen atoms in total. The van der Waals surface area contributed by atoms with E-state index in [0.717, 1.165) is 24.9 Å². The molecule has 0 radical (unpaired) electrons. The number of methoxy groups -OCH3 is 1. The van der Waals surface area contributed by atoms with Gasteiger partial charge in [-0.2, -0.15) is 0 Å². The lowest BCUT2D eigenvalue weighted by molar-refractivity contribution is 0.252. The van der Waals surface area contributed by atoms with Crippen molar-refractivity contribution in [2.24, 2.45) is 0 Å². The highest BCUT2D eigenvalue weighted by Gasteiger charge is 2.22. The van der Waals surface area contributed by atoms with Gasteiger partial charge in [-0.15, -0.1) is 0 Å². The molecule has 1 aliphatic heterocycles. The molecule has 0 aliphatic carbocycles. The van der Waals surface area contributed by atoms with Crippen LogP contribution in [0, 0.1) is 0 Å². The van der Waals surface area contributed by atoms with Crippen LogP contribution in [0.1, 0.15) is 26.2 Å². The number of urea groups is 1. The number of nitrogens with one attached hydrogen (secondary N) is 1. The summed E-state index contributed by atoms with van der Waals surface area (Å²) < 4.78 is 11.1. The van der Waals surface area contributed by atoms with E-state index < -0.39 is 0 Å². The topological polar surface area (TPSA) is 50.8 Å². The molecule has 0 aromatic heterocycles. The Kier molecular flexibility index (Phi) is 5.09. The average molecular weight is 278 g/mol. The molecule has 1 saturated heterocycles. The first kappa shape index (κ1) is 14.5. The van der Waals surface area contributed by atoms with Crippen molar-refractivity contribution in [2.45, 2.75) is 26.2 Å². The summed E-state index contributed by atoms with van der Waals surface area (Å²) in [7, 11) is 1.62. The van der Waals surface area contributed by atoms with Crippen LogP contribution in [-0.2, 0) is 0 Å². The minimum atomic E-state index is -0.0629. The van der Waals surface area contributed by atoms with Gasteiger partial charge in [-0.1, -0.05) is 19.8 Å². The van der Waals surface area contributed by atoms with E-state index in [1.807, 2.05) is 18.2 Å². The molecule has 1 aliphatic rings. The Bertz CT molecular complexity index is 462. The number of carbonyl (C=O) groups excluding carboxylic acids is 1. The van der Waals surface area contributed by atoms with E-state index in [4.69, 9.17) is 9.47 Å². The van der Waals surface area contributed by atoms with E-state index in [1.165, 1.54) is 0 Å². The summed E-state index contributed by atoms with van der Waals surface area (Å²) >= 11 is 0. The van der Waals surface area contributed by atoms with Gasteiger partial charge in [0.05, 0.1) is 13.7 Å². The molecule has 1 N–H and O–H groups in total. The SMILES string of the molecule is CCCCCOc1cc(N2CCNC2=O)ccc1OC. The summed E-state index contributed by atoms with van der Waals surface area (Å²) in [6.45, 7) is 4.19. The Morgan fingerprint density at radius 3 is 2.80 bits per heavy atom. The van der Waals surface area contributed by atoms with Crippen molar-refractivity contribution in [3.8, 4) is 11.5 Å². The smallest absolute Gasteiger partial charge is 0.321 e. The standard InChI is InChI=1S/C15H22N2O3/c1-3-4-5-10-20-14-11-12(6-7-13(14)19-2)17-9-8-16-15(17)18/h6-7,11H,3-5,8-10H2,1-2H3,(H,16,18). The molecule has 110 valence electrons. The molecule has 1 fully saturated rings. The Balaban J connectivity index is 2.09. The Morgan fingerprint density at radius 1 is 1.30 bits per heavy atom. The number of anilines is 1. The Labute approximate surface area is 119 Å². The van der Waals surface area contributed by atoms with Gasteiger partial charge in [0.2, 0.25) is 0 Å². The van der Waals surface area contributed by atoms with E-state index in [-0.39, 0.29) is 6.03 Å². The average Bonchev–Trinajstić information content (AvgIpc) is 2.89. The zero-order chi connectivity index (χ0) is 14.4. The monoisotopic (exact) mass is 278 g/mol.